The van der Waals surface area contributed by atoms with Gasteiger partial charge in [-0.3, -0.25) is 9.78 Å². The maximum Gasteiger partial charge on any atom is 1.00 e. The van der Waals surface area contributed by atoms with E-state index in [0.717, 1.165) is 11.1 Å². The maximum absolute atomic E-state index is 13.0. The molecule has 0 aliphatic carbocycles. The molecule has 1 aromatic carbocycles. The molecule has 2 aromatic heterocycles. The maximum atomic E-state index is 13.0. The number of nitrogens with zero attached hydrogens (tertiary/aromatic N) is 3. The summed E-state index contributed by atoms with van der Waals surface area (Å²) >= 11 is 0. The molecule has 140 valence electrons. The molecule has 3 rings (SSSR count). The fourth-order valence-electron chi connectivity index (χ4n) is 2.79. The number of hydrogen-bond acceptors (Lipinski definition) is 5. The van der Waals surface area contributed by atoms with E-state index in [1.54, 1.807) is 18.2 Å². The average Bonchev–Trinajstić information content (AvgIpc) is 2.66. The van der Waals surface area contributed by atoms with Gasteiger partial charge in [-0.15, -0.1) is 6.54 Å². The molecule has 0 aliphatic heterocycles. The van der Waals surface area contributed by atoms with Crippen LogP contribution in [-0.2, 0) is 13.5 Å². The molecule has 0 aliphatic rings. The summed E-state index contributed by atoms with van der Waals surface area (Å²) in [6.07, 6.45) is 1.99. The molecule has 0 unspecified atom stereocenters. The number of aryl methyl sites for hydroxylation is 1. The van der Waals surface area contributed by atoms with Crippen molar-refractivity contribution >= 4 is 16.9 Å². The van der Waals surface area contributed by atoms with Crippen LogP contribution in [0.3, 0.4) is 0 Å². The van der Waals surface area contributed by atoms with Gasteiger partial charge in [0.2, 0.25) is 0 Å². The number of pyridine rings is 2. The fourth-order valence-corrected chi connectivity index (χ4v) is 2.79. The van der Waals surface area contributed by atoms with Crippen LogP contribution in [0.2, 0.25) is 0 Å². The monoisotopic (exact) mass is 393 g/mol. The van der Waals surface area contributed by atoms with E-state index in [2.05, 4.69) is 10.3 Å². The Morgan fingerprint density at radius 3 is 2.57 bits per heavy atom. The van der Waals surface area contributed by atoms with Crippen molar-refractivity contribution < 1.29 is 49.0 Å². The fraction of sp³-hybridized carbons (Fsp3) is 0.211. The third-order valence-corrected chi connectivity index (χ3v) is 4.16. The topological polar surface area (TPSA) is 107 Å². The first-order valence-electron chi connectivity index (χ1n) is 8.20. The summed E-state index contributed by atoms with van der Waals surface area (Å²) in [4.78, 5) is 28.8. The van der Waals surface area contributed by atoms with E-state index >= 15 is 0 Å². The van der Waals surface area contributed by atoms with Crippen molar-refractivity contribution in [3.05, 3.63) is 74.7 Å². The van der Waals surface area contributed by atoms with Crippen molar-refractivity contribution in [1.29, 1.82) is 0 Å². The second kappa shape index (κ2) is 9.29. The summed E-state index contributed by atoms with van der Waals surface area (Å²) in [7, 11) is 1.47. The van der Waals surface area contributed by atoms with Gasteiger partial charge in [0.1, 0.15) is 16.9 Å². The van der Waals surface area contributed by atoms with Gasteiger partial charge in [-0.25, -0.2) is 4.39 Å². The van der Waals surface area contributed by atoms with E-state index < -0.39 is 22.8 Å². The van der Waals surface area contributed by atoms with Gasteiger partial charge in [0.05, 0.1) is 11.4 Å². The number of aliphatic hydroxyl groups excluding tert-OH is 1. The van der Waals surface area contributed by atoms with Crippen LogP contribution in [0.25, 0.3) is 16.4 Å². The Hall–Kier alpha value is -2.26. The molecular formula is C19H17FN3NaO4. The van der Waals surface area contributed by atoms with Gasteiger partial charge < -0.3 is 24.9 Å². The molecule has 9 heteroatoms. The first kappa shape index (κ1) is 22.0. The zero-order valence-corrected chi connectivity index (χ0v) is 17.5. The number of aliphatic hydroxyl groups is 1. The van der Waals surface area contributed by atoms with Crippen molar-refractivity contribution in [2.24, 2.45) is 7.05 Å². The SMILES string of the molecule is Cn1c(=O)c(C(=O)[N-]CCO)c(O)c2ncc(Cc3ccc(F)cc3)cc21.[Na+]. The molecule has 0 atom stereocenters. The third kappa shape index (κ3) is 4.41. The summed E-state index contributed by atoms with van der Waals surface area (Å²) in [6.45, 7) is -0.505. The number of fused-ring (bicyclic) bond motifs is 1. The number of carbonyl (C=O) groups is 1. The molecule has 7 nitrogen and oxygen atoms in total. The Balaban J connectivity index is 0.00000280. The molecule has 0 fully saturated rings. The molecule has 0 radical (unpaired) electrons. The first-order chi connectivity index (χ1) is 12.9. The predicted octanol–water partition coefficient (Wildman–Crippen LogP) is -1.12. The normalized spacial score (nSPS) is 10.5. The summed E-state index contributed by atoms with van der Waals surface area (Å²) < 4.78 is 14.2. The van der Waals surface area contributed by atoms with E-state index in [9.17, 15) is 19.1 Å². The van der Waals surface area contributed by atoms with Crippen LogP contribution in [0.4, 0.5) is 4.39 Å². The van der Waals surface area contributed by atoms with Gasteiger partial charge >= 0.3 is 29.6 Å². The van der Waals surface area contributed by atoms with Crippen molar-refractivity contribution in [3.8, 4) is 5.75 Å². The van der Waals surface area contributed by atoms with Crippen molar-refractivity contribution in [2.75, 3.05) is 13.2 Å². The number of rotatable bonds is 5. The largest absolute Gasteiger partial charge is 1.00 e. The number of aromatic nitrogens is 2. The zero-order valence-electron chi connectivity index (χ0n) is 15.5. The minimum absolute atomic E-state index is 0. The molecule has 3 aromatic rings. The summed E-state index contributed by atoms with van der Waals surface area (Å²) in [6, 6.07) is 7.71. The Labute approximate surface area is 182 Å². The number of benzene rings is 1. The zero-order chi connectivity index (χ0) is 19.6. The second-order valence-corrected chi connectivity index (χ2v) is 6.01. The van der Waals surface area contributed by atoms with Gasteiger partial charge in [0, 0.05) is 19.9 Å². The molecule has 0 spiro atoms. The van der Waals surface area contributed by atoms with E-state index in [1.807, 2.05) is 0 Å². The summed E-state index contributed by atoms with van der Waals surface area (Å²) in [5.41, 5.74) is 0.900. The van der Waals surface area contributed by atoms with E-state index in [0.29, 0.717) is 11.9 Å². The van der Waals surface area contributed by atoms with Crippen molar-refractivity contribution in [3.63, 3.8) is 0 Å². The number of carbonyl (C=O) groups excluding carboxylic acids is 1. The molecular weight excluding hydrogens is 376 g/mol. The molecule has 2 heterocycles. The molecule has 0 saturated carbocycles. The molecule has 28 heavy (non-hydrogen) atoms. The Bertz CT molecular complexity index is 1070. The molecule has 0 saturated heterocycles. The molecule has 1 amide bonds. The second-order valence-electron chi connectivity index (χ2n) is 6.01. The smallest absolute Gasteiger partial charge is 0.647 e. The average molecular weight is 393 g/mol. The van der Waals surface area contributed by atoms with Crippen LogP contribution in [-0.4, -0.2) is 38.8 Å². The number of hydrogen-bond donors (Lipinski definition) is 2. The summed E-state index contributed by atoms with van der Waals surface area (Å²) in [5.74, 6) is -1.76. The van der Waals surface area contributed by atoms with Crippen molar-refractivity contribution in [2.45, 2.75) is 6.42 Å². The van der Waals surface area contributed by atoms with Crippen LogP contribution >= 0.6 is 0 Å². The molecule has 2 N–H and O–H groups in total. The van der Waals surface area contributed by atoms with Crippen LogP contribution in [0, 0.1) is 5.82 Å². The number of aromatic hydroxyl groups is 1. The predicted molar refractivity (Wildman–Crippen MR) is 97.5 cm³/mol. The number of halogens is 1. The standard InChI is InChI=1S/C19H18FN3O4.Na/c1-23-14-9-12(8-11-2-4-13(20)5-3-11)10-22-16(14)17(25)15(19(23)27)18(26)21-6-7-24;/h2-5,9-10,24H,6-8H2,1H3,(H2,21,25,26,27);/q;+1/p-1. The van der Waals surface area contributed by atoms with Crippen LogP contribution < -0.4 is 35.1 Å². The van der Waals surface area contributed by atoms with Gasteiger partial charge in [0.15, 0.2) is 5.75 Å². The minimum Gasteiger partial charge on any atom is -0.647 e. The van der Waals surface area contributed by atoms with E-state index in [1.165, 1.54) is 29.9 Å². The van der Waals surface area contributed by atoms with Gasteiger partial charge in [-0.05, 0) is 35.7 Å². The Kier molecular flexibility index (Phi) is 7.31. The van der Waals surface area contributed by atoms with Gasteiger partial charge in [-0.2, -0.15) is 0 Å². The van der Waals surface area contributed by atoms with Gasteiger partial charge in [-0.1, -0.05) is 12.1 Å². The number of amides is 1. The quantitative estimate of drug-likeness (QED) is 0.534. The molecule has 0 bridgehead atoms. The first-order valence-corrected chi connectivity index (χ1v) is 8.20. The van der Waals surface area contributed by atoms with Gasteiger partial charge in [0.25, 0.3) is 5.56 Å². The summed E-state index contributed by atoms with van der Waals surface area (Å²) in [5, 5.41) is 22.7. The van der Waals surface area contributed by atoms with Crippen molar-refractivity contribution in [1.82, 2.24) is 9.55 Å². The van der Waals surface area contributed by atoms with Crippen LogP contribution in [0.15, 0.2) is 41.3 Å². The van der Waals surface area contributed by atoms with Crippen LogP contribution in [0.5, 0.6) is 5.75 Å². The minimum atomic E-state index is -0.902. The Morgan fingerprint density at radius 2 is 1.93 bits per heavy atom. The third-order valence-electron chi connectivity index (χ3n) is 4.16. The van der Waals surface area contributed by atoms with Crippen LogP contribution in [0.1, 0.15) is 21.5 Å². The Morgan fingerprint density at radius 1 is 1.25 bits per heavy atom. The van der Waals surface area contributed by atoms with E-state index in [-0.39, 0.29) is 54.0 Å². The van der Waals surface area contributed by atoms with E-state index in [4.69, 9.17) is 5.11 Å².